The SMILES string of the molecule is CC1(C)Cc2cc(Cl)cc(C(=O)OC3CC4CC5C[C@@H](C3)N4CC5O)c2O1. The predicted molar refractivity (Wildman–Crippen MR) is 101 cm³/mol. The molecule has 0 radical (unpaired) electrons. The van der Waals surface area contributed by atoms with E-state index in [2.05, 4.69) is 4.90 Å². The van der Waals surface area contributed by atoms with Crippen LogP contribution in [0.15, 0.2) is 12.1 Å². The first-order valence-electron chi connectivity index (χ1n) is 9.95. The molecule has 1 N–H and O–H groups in total. The number of esters is 1. The van der Waals surface area contributed by atoms with Crippen molar-refractivity contribution < 1.29 is 19.4 Å². The molecule has 4 bridgehead atoms. The zero-order valence-corrected chi connectivity index (χ0v) is 16.5. The summed E-state index contributed by atoms with van der Waals surface area (Å²) in [6.07, 6.45) is 4.18. The highest BCUT2D eigenvalue weighted by Crippen LogP contribution is 2.44. The van der Waals surface area contributed by atoms with Gasteiger partial charge in [-0.15, -0.1) is 0 Å². The molecule has 0 saturated carbocycles. The highest BCUT2D eigenvalue weighted by molar-refractivity contribution is 6.31. The Hall–Kier alpha value is -1.30. The number of hydrogen-bond acceptors (Lipinski definition) is 5. The fourth-order valence-corrected chi connectivity index (χ4v) is 5.88. The van der Waals surface area contributed by atoms with Crippen LogP contribution in [-0.2, 0) is 11.2 Å². The van der Waals surface area contributed by atoms with Gasteiger partial charge in [0.15, 0.2) is 0 Å². The summed E-state index contributed by atoms with van der Waals surface area (Å²) in [5.74, 6) is 0.696. The quantitative estimate of drug-likeness (QED) is 0.784. The van der Waals surface area contributed by atoms with Gasteiger partial charge < -0.3 is 14.6 Å². The third-order valence-corrected chi connectivity index (χ3v) is 6.94. The van der Waals surface area contributed by atoms with Crippen molar-refractivity contribution in [1.29, 1.82) is 0 Å². The first-order chi connectivity index (χ1) is 12.8. The number of ether oxygens (including phenoxy) is 2. The molecule has 0 aliphatic carbocycles. The van der Waals surface area contributed by atoms with E-state index in [9.17, 15) is 9.90 Å². The fourth-order valence-electron chi connectivity index (χ4n) is 5.64. The van der Waals surface area contributed by atoms with Crippen LogP contribution in [0.5, 0.6) is 5.75 Å². The maximum Gasteiger partial charge on any atom is 0.342 e. The Bertz CT molecular complexity index is 779. The maximum atomic E-state index is 13.0. The number of halogens is 1. The molecule has 6 heteroatoms. The third-order valence-electron chi connectivity index (χ3n) is 6.72. The van der Waals surface area contributed by atoms with Crippen molar-refractivity contribution >= 4 is 17.6 Å². The van der Waals surface area contributed by atoms with Crippen molar-refractivity contribution in [3.8, 4) is 5.75 Å². The van der Waals surface area contributed by atoms with Crippen molar-refractivity contribution in [2.24, 2.45) is 5.92 Å². The molecule has 4 saturated heterocycles. The van der Waals surface area contributed by atoms with E-state index in [0.29, 0.717) is 34.3 Å². The first-order valence-corrected chi connectivity index (χ1v) is 10.3. The summed E-state index contributed by atoms with van der Waals surface area (Å²) in [6.45, 7) is 4.79. The van der Waals surface area contributed by atoms with Gasteiger partial charge in [-0.1, -0.05) is 11.6 Å². The molecule has 6 atom stereocenters. The summed E-state index contributed by atoms with van der Waals surface area (Å²) in [5.41, 5.74) is 1.07. The van der Waals surface area contributed by atoms with Crippen LogP contribution in [0.3, 0.4) is 0 Å². The third kappa shape index (κ3) is 3.04. The summed E-state index contributed by atoms with van der Waals surface area (Å²) in [4.78, 5) is 15.4. The average molecular weight is 392 g/mol. The van der Waals surface area contributed by atoms with E-state index < -0.39 is 0 Å². The van der Waals surface area contributed by atoms with Crippen LogP contribution in [0.25, 0.3) is 0 Å². The van der Waals surface area contributed by atoms with Gasteiger partial charge in [0.2, 0.25) is 0 Å². The summed E-state index contributed by atoms with van der Waals surface area (Å²) < 4.78 is 12.0. The van der Waals surface area contributed by atoms with E-state index in [0.717, 1.165) is 44.2 Å². The molecule has 27 heavy (non-hydrogen) atoms. The second-order valence-corrected chi connectivity index (χ2v) is 9.72. The largest absolute Gasteiger partial charge is 0.486 e. The van der Waals surface area contributed by atoms with Crippen LogP contribution in [0.2, 0.25) is 5.02 Å². The maximum absolute atomic E-state index is 13.0. The van der Waals surface area contributed by atoms with Crippen molar-refractivity contribution in [3.63, 3.8) is 0 Å². The average Bonchev–Trinajstić information content (AvgIpc) is 2.87. The first kappa shape index (κ1) is 17.8. The van der Waals surface area contributed by atoms with E-state index in [1.165, 1.54) is 0 Å². The number of aliphatic hydroxyl groups excluding tert-OH is 1. The second-order valence-electron chi connectivity index (χ2n) is 9.28. The summed E-state index contributed by atoms with van der Waals surface area (Å²) >= 11 is 6.25. The highest BCUT2D eigenvalue weighted by Gasteiger charge is 2.49. The van der Waals surface area contributed by atoms with Gasteiger partial charge in [-0.25, -0.2) is 4.79 Å². The zero-order valence-electron chi connectivity index (χ0n) is 15.8. The lowest BCUT2D eigenvalue weighted by Crippen LogP contribution is -2.64. The van der Waals surface area contributed by atoms with E-state index in [1.807, 2.05) is 19.9 Å². The highest BCUT2D eigenvalue weighted by atomic mass is 35.5. The molecule has 4 fully saturated rings. The minimum absolute atomic E-state index is 0.0796. The van der Waals surface area contributed by atoms with Gasteiger partial charge in [0.1, 0.15) is 23.0 Å². The van der Waals surface area contributed by atoms with Gasteiger partial charge in [-0.2, -0.15) is 0 Å². The summed E-state index contributed by atoms with van der Waals surface area (Å²) in [7, 11) is 0. The lowest BCUT2D eigenvalue weighted by molar-refractivity contribution is -0.130. The van der Waals surface area contributed by atoms with E-state index >= 15 is 0 Å². The lowest BCUT2D eigenvalue weighted by Gasteiger charge is -2.56. The van der Waals surface area contributed by atoms with E-state index in [1.54, 1.807) is 6.07 Å². The van der Waals surface area contributed by atoms with Gasteiger partial charge in [0.25, 0.3) is 0 Å². The van der Waals surface area contributed by atoms with Crippen molar-refractivity contribution in [2.75, 3.05) is 6.54 Å². The van der Waals surface area contributed by atoms with Crippen LogP contribution < -0.4 is 4.74 Å². The standard InChI is InChI=1S/C21H26ClNO4/c1-21(2)9-12-3-13(22)6-17(19(12)27-21)20(25)26-16-7-14-4-11-5-15(8-16)23(14)10-18(11)24/h3,6,11,14-16,18,24H,4-5,7-10H2,1-2H3/t11?,14-,15?,16?,18?/m0/s1. The molecule has 0 amide bonds. The Balaban J connectivity index is 1.33. The van der Waals surface area contributed by atoms with Gasteiger partial charge in [0.05, 0.1) is 6.10 Å². The normalized spacial score (nSPS) is 38.2. The molecule has 1 aromatic rings. The molecule has 5 heterocycles. The number of rotatable bonds is 2. The van der Waals surface area contributed by atoms with Crippen molar-refractivity contribution in [1.82, 2.24) is 4.90 Å². The molecule has 146 valence electrons. The summed E-state index contributed by atoms with van der Waals surface area (Å²) in [5, 5.41) is 10.7. The van der Waals surface area contributed by atoms with Gasteiger partial charge in [0, 0.05) is 48.5 Å². The van der Waals surface area contributed by atoms with Crippen LogP contribution in [0, 0.1) is 5.92 Å². The topological polar surface area (TPSA) is 59.0 Å². The molecular weight excluding hydrogens is 366 g/mol. The fraction of sp³-hybridized carbons (Fsp3) is 0.667. The minimum atomic E-state index is -0.336. The van der Waals surface area contributed by atoms with E-state index in [-0.39, 0.29) is 23.8 Å². The number of hydrogen-bond donors (Lipinski definition) is 1. The molecule has 5 aliphatic heterocycles. The molecule has 5 unspecified atom stereocenters. The molecule has 0 aromatic heterocycles. The van der Waals surface area contributed by atoms with Crippen LogP contribution in [0.1, 0.15) is 55.5 Å². The lowest BCUT2D eigenvalue weighted by atomic mass is 9.71. The number of carbonyl (C=O) groups excluding carboxylic acids is 1. The molecular formula is C21H26ClNO4. The minimum Gasteiger partial charge on any atom is -0.486 e. The van der Waals surface area contributed by atoms with Gasteiger partial charge in [-0.05, 0) is 44.7 Å². The molecule has 1 aromatic carbocycles. The number of carbonyl (C=O) groups is 1. The molecule has 5 nitrogen and oxygen atoms in total. The molecule has 5 aliphatic rings. The Morgan fingerprint density at radius 1 is 1.26 bits per heavy atom. The summed E-state index contributed by atoms with van der Waals surface area (Å²) in [6, 6.07) is 4.38. The van der Waals surface area contributed by atoms with Crippen LogP contribution in [0.4, 0.5) is 0 Å². The van der Waals surface area contributed by atoms with Crippen molar-refractivity contribution in [3.05, 3.63) is 28.3 Å². The second kappa shape index (κ2) is 6.10. The van der Waals surface area contributed by atoms with Crippen LogP contribution >= 0.6 is 11.6 Å². The smallest absolute Gasteiger partial charge is 0.342 e. The number of piperidine rings is 4. The number of nitrogens with zero attached hydrogens (tertiary/aromatic N) is 1. The molecule has 0 spiro atoms. The Labute approximate surface area is 164 Å². The molecule has 6 rings (SSSR count). The number of aliphatic hydroxyl groups is 1. The van der Waals surface area contributed by atoms with Gasteiger partial charge in [-0.3, -0.25) is 4.90 Å². The Morgan fingerprint density at radius 2 is 1.96 bits per heavy atom. The Morgan fingerprint density at radius 3 is 2.63 bits per heavy atom. The predicted octanol–water partition coefficient (Wildman–Crippen LogP) is 3.20. The van der Waals surface area contributed by atoms with Gasteiger partial charge >= 0.3 is 5.97 Å². The van der Waals surface area contributed by atoms with Crippen LogP contribution in [-0.4, -0.2) is 52.4 Å². The number of benzene rings is 1. The van der Waals surface area contributed by atoms with E-state index in [4.69, 9.17) is 21.1 Å². The number of fused-ring (bicyclic) bond motifs is 2. The Kier molecular flexibility index (Phi) is 4.01. The zero-order chi connectivity index (χ0) is 18.9. The monoisotopic (exact) mass is 391 g/mol. The van der Waals surface area contributed by atoms with Crippen molar-refractivity contribution in [2.45, 2.75) is 75.8 Å².